The van der Waals surface area contributed by atoms with E-state index < -0.39 is 15.8 Å². The van der Waals surface area contributed by atoms with E-state index in [1.54, 1.807) is 42.5 Å². The molecule has 1 aromatic heterocycles. The molecule has 1 heterocycles. The molecule has 3 N–H and O–H groups in total. The first kappa shape index (κ1) is 18.6. The van der Waals surface area contributed by atoms with E-state index in [1.165, 1.54) is 6.08 Å². The lowest BCUT2D eigenvalue weighted by Gasteiger charge is -2.06. The second-order valence-electron chi connectivity index (χ2n) is 5.68. The Hall–Kier alpha value is -3.17. The number of sulfonamides is 1. The summed E-state index contributed by atoms with van der Waals surface area (Å²) in [5, 5.41) is 3.69. The van der Waals surface area contributed by atoms with Gasteiger partial charge >= 0.3 is 5.76 Å². The van der Waals surface area contributed by atoms with E-state index in [0.29, 0.717) is 16.8 Å². The monoisotopic (exact) mass is 387 g/mol. The number of H-pyrrole nitrogens is 1. The van der Waals surface area contributed by atoms with Crippen LogP contribution in [0.2, 0.25) is 0 Å². The zero-order valence-electron chi connectivity index (χ0n) is 14.1. The first-order valence-corrected chi connectivity index (χ1v) is 9.61. The summed E-state index contributed by atoms with van der Waals surface area (Å²) in [5.41, 5.74) is 2.07. The fourth-order valence-corrected chi connectivity index (χ4v) is 3.16. The SMILES string of the molecule is O=C(CCNS(=O)(=O)/C=C/c1ccccc1)Nc1ccc2oc(=O)[nH]c2c1. The molecule has 0 aliphatic rings. The highest BCUT2D eigenvalue weighted by Gasteiger charge is 2.09. The molecule has 0 unspecified atom stereocenters. The van der Waals surface area contributed by atoms with Crippen LogP contribution in [-0.4, -0.2) is 25.9 Å². The lowest BCUT2D eigenvalue weighted by Crippen LogP contribution is -2.26. The van der Waals surface area contributed by atoms with Gasteiger partial charge < -0.3 is 9.73 Å². The minimum atomic E-state index is -3.64. The van der Waals surface area contributed by atoms with Gasteiger partial charge in [-0.3, -0.25) is 9.78 Å². The third-order valence-electron chi connectivity index (χ3n) is 3.60. The first-order valence-electron chi connectivity index (χ1n) is 8.07. The Morgan fingerprint density at radius 3 is 2.70 bits per heavy atom. The summed E-state index contributed by atoms with van der Waals surface area (Å²) in [6.45, 7) is -0.0436. The van der Waals surface area contributed by atoms with Crippen LogP contribution in [0.25, 0.3) is 17.2 Å². The summed E-state index contributed by atoms with van der Waals surface area (Å²) >= 11 is 0. The lowest BCUT2D eigenvalue weighted by atomic mass is 10.2. The van der Waals surface area contributed by atoms with Gasteiger partial charge in [0.25, 0.3) is 0 Å². The molecule has 0 aliphatic heterocycles. The number of carbonyl (C=O) groups excluding carboxylic acids is 1. The number of benzene rings is 2. The van der Waals surface area contributed by atoms with Crippen molar-refractivity contribution in [2.24, 2.45) is 0 Å². The summed E-state index contributed by atoms with van der Waals surface area (Å²) in [5.74, 6) is -0.943. The third kappa shape index (κ3) is 5.40. The summed E-state index contributed by atoms with van der Waals surface area (Å²) in [4.78, 5) is 25.6. The molecule has 0 fully saturated rings. The van der Waals surface area contributed by atoms with Crippen molar-refractivity contribution in [3.63, 3.8) is 0 Å². The number of hydrogen-bond acceptors (Lipinski definition) is 5. The maximum absolute atomic E-state index is 12.0. The fraction of sp³-hybridized carbons (Fsp3) is 0.111. The van der Waals surface area contributed by atoms with Gasteiger partial charge in [-0.25, -0.2) is 17.9 Å². The average molecular weight is 387 g/mol. The highest BCUT2D eigenvalue weighted by molar-refractivity contribution is 7.92. The highest BCUT2D eigenvalue weighted by atomic mass is 32.2. The standard InChI is InChI=1S/C18H17N3O5S/c22-17(20-14-6-7-16-15(12-14)21-18(23)26-16)8-10-19-27(24,25)11-9-13-4-2-1-3-5-13/h1-7,9,11-12,19H,8,10H2,(H,20,22)(H,21,23)/b11-9+. The number of amides is 1. The van der Waals surface area contributed by atoms with Gasteiger partial charge in [0.2, 0.25) is 15.9 Å². The van der Waals surface area contributed by atoms with Crippen LogP contribution in [0.4, 0.5) is 5.69 Å². The molecule has 3 rings (SSSR count). The van der Waals surface area contributed by atoms with E-state index in [1.807, 2.05) is 6.07 Å². The molecule has 2 aromatic carbocycles. The van der Waals surface area contributed by atoms with Gasteiger partial charge in [0, 0.05) is 24.1 Å². The Morgan fingerprint density at radius 2 is 1.93 bits per heavy atom. The molecule has 0 radical (unpaired) electrons. The van der Waals surface area contributed by atoms with Gasteiger partial charge in [0.05, 0.1) is 5.52 Å². The molecule has 1 amide bonds. The number of aromatic nitrogens is 1. The number of oxazole rings is 1. The Labute approximate surface area is 155 Å². The lowest BCUT2D eigenvalue weighted by molar-refractivity contribution is -0.116. The minimum absolute atomic E-state index is 0.0433. The summed E-state index contributed by atoms with van der Waals surface area (Å²) in [6.07, 6.45) is 1.43. The maximum atomic E-state index is 12.0. The predicted octanol–water partition coefficient (Wildman–Crippen LogP) is 2.04. The van der Waals surface area contributed by atoms with Gasteiger partial charge in [-0.15, -0.1) is 0 Å². The Bertz CT molecular complexity index is 1130. The van der Waals surface area contributed by atoms with Crippen molar-refractivity contribution >= 4 is 38.8 Å². The van der Waals surface area contributed by atoms with Crippen molar-refractivity contribution in [1.29, 1.82) is 0 Å². The zero-order valence-corrected chi connectivity index (χ0v) is 15.0. The molecule has 0 atom stereocenters. The number of aromatic amines is 1. The number of hydrogen-bond donors (Lipinski definition) is 3. The summed E-state index contributed by atoms with van der Waals surface area (Å²) < 4.78 is 31.1. The van der Waals surface area contributed by atoms with Crippen LogP contribution in [-0.2, 0) is 14.8 Å². The van der Waals surface area contributed by atoms with E-state index in [-0.39, 0.29) is 18.9 Å². The van der Waals surface area contributed by atoms with Crippen molar-refractivity contribution in [2.45, 2.75) is 6.42 Å². The molecule has 9 heteroatoms. The molecule has 8 nitrogen and oxygen atoms in total. The Morgan fingerprint density at radius 1 is 1.15 bits per heavy atom. The largest absolute Gasteiger partial charge is 0.417 e. The molecule has 0 saturated carbocycles. The second kappa shape index (κ2) is 8.02. The Kier molecular flexibility index (Phi) is 5.53. The van der Waals surface area contributed by atoms with Crippen molar-refractivity contribution in [3.05, 3.63) is 70.1 Å². The van der Waals surface area contributed by atoms with Crippen LogP contribution < -0.4 is 15.8 Å². The van der Waals surface area contributed by atoms with Crippen LogP contribution >= 0.6 is 0 Å². The van der Waals surface area contributed by atoms with E-state index >= 15 is 0 Å². The topological polar surface area (TPSA) is 121 Å². The van der Waals surface area contributed by atoms with Gasteiger partial charge in [0.1, 0.15) is 0 Å². The van der Waals surface area contributed by atoms with Crippen molar-refractivity contribution in [1.82, 2.24) is 9.71 Å². The molecule has 0 aliphatic carbocycles. The van der Waals surface area contributed by atoms with Gasteiger partial charge in [-0.05, 0) is 29.8 Å². The van der Waals surface area contributed by atoms with Crippen LogP contribution in [0, 0.1) is 0 Å². The number of fused-ring (bicyclic) bond motifs is 1. The molecule has 0 spiro atoms. The number of nitrogens with one attached hydrogen (secondary N) is 3. The molecule has 3 aromatic rings. The molecular weight excluding hydrogens is 370 g/mol. The zero-order chi connectivity index (χ0) is 19.3. The molecule has 0 bridgehead atoms. The van der Waals surface area contributed by atoms with Crippen LogP contribution in [0.3, 0.4) is 0 Å². The van der Waals surface area contributed by atoms with Crippen LogP contribution in [0.5, 0.6) is 0 Å². The normalized spacial score (nSPS) is 11.9. The van der Waals surface area contributed by atoms with Crippen molar-refractivity contribution in [2.75, 3.05) is 11.9 Å². The predicted molar refractivity (Wildman–Crippen MR) is 102 cm³/mol. The second-order valence-corrected chi connectivity index (χ2v) is 7.33. The van der Waals surface area contributed by atoms with Gasteiger partial charge in [-0.1, -0.05) is 30.3 Å². The van der Waals surface area contributed by atoms with E-state index in [0.717, 1.165) is 11.0 Å². The Balaban J connectivity index is 1.50. The summed E-state index contributed by atoms with van der Waals surface area (Å²) in [6, 6.07) is 13.7. The quantitative estimate of drug-likeness (QED) is 0.573. The molecule has 27 heavy (non-hydrogen) atoms. The smallest absolute Gasteiger partial charge is 0.408 e. The van der Waals surface area contributed by atoms with E-state index in [4.69, 9.17) is 4.42 Å². The summed E-state index contributed by atoms with van der Waals surface area (Å²) in [7, 11) is -3.64. The molecule has 0 saturated heterocycles. The number of carbonyl (C=O) groups is 1. The molecular formula is C18H17N3O5S. The average Bonchev–Trinajstić information content (AvgIpc) is 3.00. The highest BCUT2D eigenvalue weighted by Crippen LogP contribution is 2.16. The number of rotatable bonds is 7. The van der Waals surface area contributed by atoms with E-state index in [2.05, 4.69) is 15.0 Å². The maximum Gasteiger partial charge on any atom is 0.417 e. The fourth-order valence-electron chi connectivity index (χ4n) is 2.34. The van der Waals surface area contributed by atoms with Crippen molar-refractivity contribution < 1.29 is 17.6 Å². The first-order chi connectivity index (χ1) is 12.9. The van der Waals surface area contributed by atoms with E-state index in [9.17, 15) is 18.0 Å². The van der Waals surface area contributed by atoms with Gasteiger partial charge in [-0.2, -0.15) is 0 Å². The van der Waals surface area contributed by atoms with Gasteiger partial charge in [0.15, 0.2) is 5.58 Å². The van der Waals surface area contributed by atoms with Crippen LogP contribution in [0.15, 0.2) is 63.2 Å². The minimum Gasteiger partial charge on any atom is -0.408 e. The van der Waals surface area contributed by atoms with Crippen molar-refractivity contribution in [3.8, 4) is 0 Å². The molecule has 140 valence electrons. The third-order valence-corrected chi connectivity index (χ3v) is 4.70. The number of anilines is 1. The van der Waals surface area contributed by atoms with Crippen LogP contribution in [0.1, 0.15) is 12.0 Å².